The first-order chi connectivity index (χ1) is 14.2. The minimum atomic E-state index is 0.773. The molecule has 0 atom stereocenters. The van der Waals surface area contributed by atoms with E-state index in [1.54, 1.807) is 7.11 Å². The average Bonchev–Trinajstić information content (AvgIpc) is 3.21. The monoisotopic (exact) mass is 394 g/mol. The van der Waals surface area contributed by atoms with Gasteiger partial charge in [-0.3, -0.25) is 0 Å². The van der Waals surface area contributed by atoms with Gasteiger partial charge in [0, 0.05) is 19.6 Å². The zero-order valence-electron chi connectivity index (χ0n) is 17.4. The number of benzene rings is 2. The molecule has 1 aliphatic heterocycles. The number of fused-ring (bicyclic) bond motifs is 1. The smallest absolute Gasteiger partial charge is 0.135 e. The highest BCUT2D eigenvalue weighted by Gasteiger charge is 2.20. The predicted molar refractivity (Wildman–Crippen MR) is 114 cm³/mol. The van der Waals surface area contributed by atoms with Crippen molar-refractivity contribution in [1.29, 1.82) is 0 Å². The molecule has 6 heteroatoms. The normalized spacial score (nSPS) is 16.0. The van der Waals surface area contributed by atoms with Crippen LogP contribution in [0.15, 0.2) is 47.1 Å². The van der Waals surface area contributed by atoms with Gasteiger partial charge in [-0.2, -0.15) is 0 Å². The van der Waals surface area contributed by atoms with E-state index in [4.69, 9.17) is 9.37 Å². The van der Waals surface area contributed by atoms with E-state index in [0.717, 1.165) is 48.8 Å². The summed E-state index contributed by atoms with van der Waals surface area (Å²) in [5.41, 5.74) is 4.29. The van der Waals surface area contributed by atoms with Gasteiger partial charge in [-0.1, -0.05) is 18.2 Å². The van der Waals surface area contributed by atoms with Crippen LogP contribution in [0.4, 0.5) is 0 Å². The summed E-state index contributed by atoms with van der Waals surface area (Å²) in [6.45, 7) is 5.61. The molecule has 1 fully saturated rings. The molecular formula is C23H30N4O2. The van der Waals surface area contributed by atoms with E-state index >= 15 is 0 Å². The summed E-state index contributed by atoms with van der Waals surface area (Å²) in [6.07, 6.45) is 3.66. The number of hydrogen-bond acceptors (Lipinski definition) is 6. The molecule has 1 aliphatic rings. The van der Waals surface area contributed by atoms with Gasteiger partial charge in [0.25, 0.3) is 0 Å². The molecule has 29 heavy (non-hydrogen) atoms. The highest BCUT2D eigenvalue weighted by molar-refractivity contribution is 5.73. The summed E-state index contributed by atoms with van der Waals surface area (Å²) in [6, 6.07) is 14.6. The summed E-state index contributed by atoms with van der Waals surface area (Å²) in [5.74, 6) is 1.70. The Bertz CT molecular complexity index is 901. The first kappa shape index (κ1) is 19.9. The number of likely N-dealkylation sites (tertiary alicyclic amines) is 1. The third-order valence-electron chi connectivity index (χ3n) is 5.92. The molecule has 0 aliphatic carbocycles. The second-order valence-electron chi connectivity index (χ2n) is 8.17. The molecule has 0 bridgehead atoms. The molecule has 0 amide bonds. The van der Waals surface area contributed by atoms with Crippen LogP contribution >= 0.6 is 0 Å². The van der Waals surface area contributed by atoms with E-state index < -0.39 is 0 Å². The number of piperidine rings is 1. The van der Waals surface area contributed by atoms with E-state index in [0.29, 0.717) is 0 Å². The second kappa shape index (κ2) is 9.37. The lowest BCUT2D eigenvalue weighted by atomic mass is 9.95. The van der Waals surface area contributed by atoms with Crippen LogP contribution in [0.25, 0.3) is 11.0 Å². The topological polar surface area (TPSA) is 54.6 Å². The first-order valence-electron chi connectivity index (χ1n) is 10.4. The van der Waals surface area contributed by atoms with Crippen molar-refractivity contribution in [3.63, 3.8) is 0 Å². The third kappa shape index (κ3) is 5.34. The molecule has 4 rings (SSSR count). The fraction of sp³-hybridized carbons (Fsp3) is 0.478. The molecule has 2 heterocycles. The maximum atomic E-state index is 5.24. The lowest BCUT2D eigenvalue weighted by Gasteiger charge is -2.34. The van der Waals surface area contributed by atoms with Crippen LogP contribution in [0.3, 0.4) is 0 Å². The molecule has 0 radical (unpaired) electrons. The Hall–Kier alpha value is -2.44. The largest absolute Gasteiger partial charge is 0.497 e. The van der Waals surface area contributed by atoms with Gasteiger partial charge < -0.3 is 14.5 Å². The predicted octanol–water partition coefficient (Wildman–Crippen LogP) is 3.62. The van der Waals surface area contributed by atoms with Gasteiger partial charge in [-0.15, -0.1) is 0 Å². The number of aromatic nitrogens is 2. The maximum Gasteiger partial charge on any atom is 0.135 e. The molecule has 154 valence electrons. The average molecular weight is 395 g/mol. The van der Waals surface area contributed by atoms with E-state index in [-0.39, 0.29) is 0 Å². The quantitative estimate of drug-likeness (QED) is 0.582. The minimum Gasteiger partial charge on any atom is -0.497 e. The molecule has 0 unspecified atom stereocenters. The van der Waals surface area contributed by atoms with Crippen molar-refractivity contribution < 1.29 is 9.37 Å². The Morgan fingerprint density at radius 1 is 1.03 bits per heavy atom. The van der Waals surface area contributed by atoms with Crippen molar-refractivity contribution >= 4 is 11.0 Å². The van der Waals surface area contributed by atoms with E-state index in [2.05, 4.69) is 51.4 Å². The summed E-state index contributed by atoms with van der Waals surface area (Å²) in [5, 5.41) is 7.81. The number of nitrogens with zero attached hydrogens (tertiary/aromatic N) is 4. The van der Waals surface area contributed by atoms with Gasteiger partial charge in [-0.05, 0) is 91.0 Å². The highest BCUT2D eigenvalue weighted by Crippen LogP contribution is 2.20. The summed E-state index contributed by atoms with van der Waals surface area (Å²) in [7, 11) is 3.92. The second-order valence-corrected chi connectivity index (χ2v) is 8.17. The molecule has 6 nitrogen and oxygen atoms in total. The Morgan fingerprint density at radius 3 is 2.52 bits per heavy atom. The van der Waals surface area contributed by atoms with E-state index in [1.807, 2.05) is 18.2 Å². The van der Waals surface area contributed by atoms with Crippen LogP contribution in [0, 0.1) is 5.92 Å². The highest BCUT2D eigenvalue weighted by atomic mass is 16.6. The number of hydrogen-bond donors (Lipinski definition) is 0. The van der Waals surface area contributed by atoms with Gasteiger partial charge in [0.1, 0.15) is 16.8 Å². The van der Waals surface area contributed by atoms with Crippen LogP contribution in [0.2, 0.25) is 0 Å². The van der Waals surface area contributed by atoms with E-state index in [1.165, 1.54) is 37.1 Å². The third-order valence-corrected chi connectivity index (χ3v) is 5.92. The van der Waals surface area contributed by atoms with Gasteiger partial charge in [-0.25, -0.2) is 4.63 Å². The maximum absolute atomic E-state index is 5.24. The molecule has 2 aromatic carbocycles. The van der Waals surface area contributed by atoms with Crippen LogP contribution in [-0.4, -0.2) is 60.4 Å². The van der Waals surface area contributed by atoms with Gasteiger partial charge >= 0.3 is 0 Å². The van der Waals surface area contributed by atoms with Crippen LogP contribution in [-0.2, 0) is 13.0 Å². The molecule has 1 aromatic heterocycles. The Balaban J connectivity index is 1.18. The number of rotatable bonds is 8. The molecule has 0 spiro atoms. The molecule has 1 saturated heterocycles. The molecule has 3 aromatic rings. The number of methoxy groups -OCH3 is 1. The molecular weight excluding hydrogens is 364 g/mol. The Morgan fingerprint density at radius 2 is 1.76 bits per heavy atom. The standard InChI is InChI=1S/C23H30N4O2/c1-26(17-20-5-8-22-23(15-20)25-29-24-22)16-19-10-13-27(14-11-19)12-9-18-3-6-21(28-2)7-4-18/h3-8,15,19H,9-14,16-17H2,1-2H3. The fourth-order valence-electron chi connectivity index (χ4n) is 4.22. The Kier molecular flexibility index (Phi) is 6.42. The first-order valence-corrected chi connectivity index (χ1v) is 10.4. The van der Waals surface area contributed by atoms with Crippen LogP contribution in [0.1, 0.15) is 24.0 Å². The van der Waals surface area contributed by atoms with Crippen molar-refractivity contribution in [3.05, 3.63) is 53.6 Å². The van der Waals surface area contributed by atoms with Gasteiger partial charge in [0.2, 0.25) is 0 Å². The van der Waals surface area contributed by atoms with Crippen molar-refractivity contribution in [1.82, 2.24) is 20.1 Å². The summed E-state index contributed by atoms with van der Waals surface area (Å²) < 4.78 is 10.0. The van der Waals surface area contributed by atoms with Crippen molar-refractivity contribution in [2.75, 3.05) is 40.3 Å². The zero-order chi connectivity index (χ0) is 20.1. The van der Waals surface area contributed by atoms with Crippen LogP contribution in [0.5, 0.6) is 5.75 Å². The van der Waals surface area contributed by atoms with Crippen molar-refractivity contribution in [3.8, 4) is 5.75 Å². The van der Waals surface area contributed by atoms with Crippen molar-refractivity contribution in [2.45, 2.75) is 25.8 Å². The SMILES string of the molecule is COc1ccc(CCN2CCC(CN(C)Cc3ccc4nonc4c3)CC2)cc1. The summed E-state index contributed by atoms with van der Waals surface area (Å²) in [4.78, 5) is 5.03. The van der Waals surface area contributed by atoms with Gasteiger partial charge in [0.15, 0.2) is 0 Å². The number of ether oxygens (including phenoxy) is 1. The fourth-order valence-corrected chi connectivity index (χ4v) is 4.22. The van der Waals surface area contributed by atoms with Gasteiger partial charge in [0.05, 0.1) is 7.11 Å². The summed E-state index contributed by atoms with van der Waals surface area (Å²) >= 11 is 0. The van der Waals surface area contributed by atoms with Crippen LogP contribution < -0.4 is 4.74 Å². The lowest BCUT2D eigenvalue weighted by molar-refractivity contribution is 0.153. The molecule has 0 N–H and O–H groups in total. The molecule has 0 saturated carbocycles. The minimum absolute atomic E-state index is 0.773. The van der Waals surface area contributed by atoms with Crippen molar-refractivity contribution in [2.24, 2.45) is 5.92 Å². The zero-order valence-corrected chi connectivity index (χ0v) is 17.4. The Labute approximate surface area is 172 Å². The van der Waals surface area contributed by atoms with E-state index in [9.17, 15) is 0 Å². The lowest BCUT2D eigenvalue weighted by Crippen LogP contribution is -2.38.